The molecule has 0 unspecified atom stereocenters. The lowest BCUT2D eigenvalue weighted by Gasteiger charge is -2.24. The minimum Gasteiger partial charge on any atom is -0.496 e. The number of methoxy groups -OCH3 is 2. The van der Waals surface area contributed by atoms with Crippen molar-refractivity contribution < 1.29 is 9.47 Å². The zero-order chi connectivity index (χ0) is 41.3. The highest BCUT2D eigenvalue weighted by atomic mass is 16.5. The first-order valence-electron chi connectivity index (χ1n) is 21.5. The Morgan fingerprint density at radius 1 is 0.367 bits per heavy atom. The van der Waals surface area contributed by atoms with E-state index in [0.29, 0.717) is 0 Å². The van der Waals surface area contributed by atoms with Crippen molar-refractivity contribution in [2.75, 3.05) is 14.2 Å². The van der Waals surface area contributed by atoms with Crippen molar-refractivity contribution in [3.8, 4) is 22.6 Å². The molecule has 0 bridgehead atoms. The predicted molar refractivity (Wildman–Crippen MR) is 257 cm³/mol. The van der Waals surface area contributed by atoms with Crippen LogP contribution < -0.4 is 9.47 Å². The maximum atomic E-state index is 6.54. The molecule has 0 aromatic heterocycles. The van der Waals surface area contributed by atoms with Crippen LogP contribution in [0.25, 0.3) is 55.0 Å². The Bertz CT molecular complexity index is 2490. The molecule has 0 atom stereocenters. The molecule has 0 N–H and O–H groups in total. The molecule has 0 aliphatic carbocycles. The van der Waals surface area contributed by atoms with Crippen molar-refractivity contribution in [1.82, 2.24) is 0 Å². The van der Waals surface area contributed by atoms with E-state index in [4.69, 9.17) is 9.47 Å². The molecule has 0 spiro atoms. The van der Waals surface area contributed by atoms with Gasteiger partial charge in [0.1, 0.15) is 11.5 Å². The Morgan fingerprint density at radius 3 is 0.933 bits per heavy atom. The average molecular weight is 783 g/mol. The normalized spacial score (nSPS) is 11.1. The van der Waals surface area contributed by atoms with Gasteiger partial charge in [0, 0.05) is 11.1 Å². The summed E-state index contributed by atoms with van der Waals surface area (Å²) in [5.74, 6) is 1.65. The third-order valence-electron chi connectivity index (χ3n) is 11.8. The van der Waals surface area contributed by atoms with Gasteiger partial charge in [-0.05, 0) is 115 Å². The van der Waals surface area contributed by atoms with Crippen LogP contribution in [0.3, 0.4) is 0 Å². The summed E-state index contributed by atoms with van der Waals surface area (Å²) in [6, 6.07) is 65.8. The van der Waals surface area contributed by atoms with Crippen LogP contribution in [0.4, 0.5) is 0 Å². The molecule has 8 rings (SSSR count). The van der Waals surface area contributed by atoms with E-state index >= 15 is 0 Å². The summed E-state index contributed by atoms with van der Waals surface area (Å²) in [7, 11) is 3.62. The Kier molecular flexibility index (Phi) is 12.7. The van der Waals surface area contributed by atoms with E-state index in [9.17, 15) is 0 Å². The van der Waals surface area contributed by atoms with Gasteiger partial charge in [-0.2, -0.15) is 0 Å². The number of unbranched alkanes of at least 4 members (excludes halogenated alkanes) is 2. The highest BCUT2D eigenvalue weighted by molar-refractivity contribution is 6.17. The highest BCUT2D eigenvalue weighted by Crippen LogP contribution is 2.51. The van der Waals surface area contributed by atoms with Gasteiger partial charge < -0.3 is 9.47 Å². The fourth-order valence-electron chi connectivity index (χ4n) is 8.98. The van der Waals surface area contributed by atoms with E-state index in [2.05, 4.69) is 196 Å². The number of benzene rings is 8. The summed E-state index contributed by atoms with van der Waals surface area (Å²) < 4.78 is 13.1. The highest BCUT2D eigenvalue weighted by Gasteiger charge is 2.26. The number of rotatable bonds is 15. The molecule has 2 heteroatoms. The summed E-state index contributed by atoms with van der Waals surface area (Å²) in [6.07, 6.45) is 6.18. The monoisotopic (exact) mass is 782 g/mol. The van der Waals surface area contributed by atoms with Gasteiger partial charge in [0.25, 0.3) is 0 Å². The van der Waals surface area contributed by atoms with Crippen molar-refractivity contribution in [2.45, 2.75) is 52.4 Å². The molecular weight excluding hydrogens is 729 g/mol. The first-order valence-corrected chi connectivity index (χ1v) is 21.5. The van der Waals surface area contributed by atoms with E-state index in [-0.39, 0.29) is 0 Å². The average Bonchev–Trinajstić information content (AvgIpc) is 3.32. The quantitative estimate of drug-likeness (QED) is 0.0965. The van der Waals surface area contributed by atoms with Gasteiger partial charge in [-0.15, -0.1) is 0 Å². The maximum absolute atomic E-state index is 6.54. The third kappa shape index (κ3) is 8.03. The van der Waals surface area contributed by atoms with Crippen LogP contribution in [0.15, 0.2) is 182 Å². The Balaban J connectivity index is 1.45. The first-order chi connectivity index (χ1) is 29.7. The van der Waals surface area contributed by atoms with Gasteiger partial charge in [-0.25, -0.2) is 0 Å². The number of hydrogen-bond acceptors (Lipinski definition) is 2. The van der Waals surface area contributed by atoms with Crippen LogP contribution in [0.2, 0.25) is 0 Å². The molecule has 0 fully saturated rings. The fourth-order valence-corrected chi connectivity index (χ4v) is 8.98. The summed E-state index contributed by atoms with van der Waals surface area (Å²) in [6.45, 7) is 4.55. The maximum Gasteiger partial charge on any atom is 0.128 e. The van der Waals surface area contributed by atoms with Gasteiger partial charge >= 0.3 is 0 Å². The smallest absolute Gasteiger partial charge is 0.128 e. The Labute approximate surface area is 356 Å². The van der Waals surface area contributed by atoms with Crippen LogP contribution in [-0.4, -0.2) is 14.2 Å². The first kappa shape index (κ1) is 40.2. The molecule has 298 valence electrons. The Hall–Kier alpha value is -6.64. The van der Waals surface area contributed by atoms with Gasteiger partial charge in [0.2, 0.25) is 0 Å². The summed E-state index contributed by atoms with van der Waals surface area (Å²) >= 11 is 0. The Morgan fingerprint density at radius 2 is 0.650 bits per heavy atom. The van der Waals surface area contributed by atoms with Gasteiger partial charge in [-0.3, -0.25) is 0 Å². The van der Waals surface area contributed by atoms with Crippen molar-refractivity contribution in [1.29, 1.82) is 0 Å². The van der Waals surface area contributed by atoms with E-state index < -0.39 is 0 Å². The lowest BCUT2D eigenvalue weighted by atomic mass is 9.81. The van der Waals surface area contributed by atoms with E-state index in [1.165, 1.54) is 66.4 Å². The van der Waals surface area contributed by atoms with Crippen LogP contribution in [0.1, 0.15) is 85.8 Å². The van der Waals surface area contributed by atoms with E-state index in [0.717, 1.165) is 71.9 Å². The van der Waals surface area contributed by atoms with E-state index in [1.807, 2.05) is 14.2 Å². The molecule has 60 heavy (non-hydrogen) atoms. The second-order valence-corrected chi connectivity index (χ2v) is 15.5. The summed E-state index contributed by atoms with van der Waals surface area (Å²) in [5.41, 5.74) is 14.5. The minimum absolute atomic E-state index is 0.824. The number of ether oxygens (including phenoxy) is 2. The van der Waals surface area contributed by atoms with Crippen LogP contribution in [0, 0.1) is 0 Å². The van der Waals surface area contributed by atoms with Gasteiger partial charge in [0.15, 0.2) is 0 Å². The molecule has 0 aliphatic heterocycles. The predicted octanol–water partition coefficient (Wildman–Crippen LogP) is 16.0. The topological polar surface area (TPSA) is 18.5 Å². The minimum atomic E-state index is 0.824. The SMILES string of the molecule is CCCCC(=C(c1ccccc1)c1ccccc1)c1cc(OC)c(-c2c(OC)cc(C(CCCC)=C(c3ccccc3)c3ccccc3)c3ccccc23)c2ccccc12. The largest absolute Gasteiger partial charge is 0.496 e. The summed E-state index contributed by atoms with van der Waals surface area (Å²) in [5, 5.41) is 4.65. The third-order valence-corrected chi connectivity index (χ3v) is 11.8. The molecule has 8 aromatic rings. The zero-order valence-corrected chi connectivity index (χ0v) is 35.4. The van der Waals surface area contributed by atoms with Gasteiger partial charge in [0.05, 0.1) is 14.2 Å². The number of hydrogen-bond donors (Lipinski definition) is 0. The van der Waals surface area contributed by atoms with E-state index in [1.54, 1.807) is 0 Å². The molecule has 0 heterocycles. The molecule has 0 amide bonds. The van der Waals surface area contributed by atoms with Crippen molar-refractivity contribution in [3.63, 3.8) is 0 Å². The lowest BCUT2D eigenvalue weighted by molar-refractivity contribution is 0.411. The second kappa shape index (κ2) is 19.0. The van der Waals surface area contributed by atoms with Crippen LogP contribution >= 0.6 is 0 Å². The molecule has 2 nitrogen and oxygen atoms in total. The second-order valence-electron chi connectivity index (χ2n) is 15.5. The van der Waals surface area contributed by atoms with Crippen LogP contribution in [0.5, 0.6) is 11.5 Å². The van der Waals surface area contributed by atoms with Crippen LogP contribution in [-0.2, 0) is 0 Å². The zero-order valence-electron chi connectivity index (χ0n) is 35.4. The van der Waals surface area contributed by atoms with Crippen molar-refractivity contribution >= 4 is 43.8 Å². The fraction of sp³-hybridized carbons (Fsp3) is 0.172. The standard InChI is InChI=1S/C58H54O2/c1-5-7-33-49(55(41-25-13-9-14-26-41)42-27-15-10-16-28-42)51-39-53(59-3)57(47-37-23-21-35-45(47)51)58-48-38-24-22-36-46(48)52(40-54(58)60-4)50(34-8-6-2)56(43-29-17-11-18-30-43)44-31-19-12-20-32-44/h9-32,35-40H,5-8,33-34H2,1-4H3. The molecule has 0 aliphatic rings. The summed E-state index contributed by atoms with van der Waals surface area (Å²) in [4.78, 5) is 0. The molecule has 0 saturated heterocycles. The van der Waals surface area contributed by atoms with Crippen molar-refractivity contribution in [2.24, 2.45) is 0 Å². The lowest BCUT2D eigenvalue weighted by Crippen LogP contribution is -2.02. The number of allylic oxidation sites excluding steroid dienone is 2. The molecule has 0 radical (unpaired) electrons. The molecule has 8 aromatic carbocycles. The molecular formula is C58H54O2. The molecule has 0 saturated carbocycles. The number of fused-ring (bicyclic) bond motifs is 2. The van der Waals surface area contributed by atoms with Crippen molar-refractivity contribution in [3.05, 3.63) is 215 Å². The van der Waals surface area contributed by atoms with Gasteiger partial charge in [-0.1, -0.05) is 197 Å².